The largest absolute Gasteiger partial charge is 0.418 e. The Hall–Kier alpha value is -2.40. The first kappa shape index (κ1) is 23.3. The number of benzene rings is 1. The van der Waals surface area contributed by atoms with Crippen molar-refractivity contribution in [1.82, 2.24) is 19.7 Å². The second-order valence-electron chi connectivity index (χ2n) is 7.07. The van der Waals surface area contributed by atoms with Crippen LogP contribution in [0.15, 0.2) is 52.4 Å². The van der Waals surface area contributed by atoms with Crippen molar-refractivity contribution in [3.05, 3.63) is 52.8 Å². The highest BCUT2D eigenvalue weighted by Gasteiger charge is 2.34. The number of pyridine rings is 1. The molecule has 0 aliphatic heterocycles. The molecule has 1 N–H and O–H groups in total. The Kier molecular flexibility index (Phi) is 7.37. The van der Waals surface area contributed by atoms with Crippen LogP contribution >= 0.6 is 27.7 Å². The Morgan fingerprint density at radius 1 is 1.19 bits per heavy atom. The van der Waals surface area contributed by atoms with Crippen LogP contribution in [0.4, 0.5) is 18.9 Å². The predicted molar refractivity (Wildman–Crippen MR) is 117 cm³/mol. The lowest BCUT2D eigenvalue weighted by Crippen LogP contribution is -2.18. The number of anilines is 1. The van der Waals surface area contributed by atoms with Crippen LogP contribution < -0.4 is 5.32 Å². The zero-order valence-electron chi connectivity index (χ0n) is 16.7. The first-order valence-electron chi connectivity index (χ1n) is 9.28. The number of hydrogen-bond donors (Lipinski definition) is 1. The average molecular weight is 514 g/mol. The van der Waals surface area contributed by atoms with Gasteiger partial charge in [-0.1, -0.05) is 41.5 Å². The summed E-state index contributed by atoms with van der Waals surface area (Å²) in [7, 11) is 0. The molecule has 0 atom stereocenters. The Balaban J connectivity index is 1.76. The third kappa shape index (κ3) is 6.07. The van der Waals surface area contributed by atoms with Crippen LogP contribution in [0.5, 0.6) is 0 Å². The van der Waals surface area contributed by atoms with Crippen LogP contribution in [0.2, 0.25) is 0 Å². The fraction of sp³-hybridized carbons (Fsp3) is 0.300. The molecule has 2 aromatic heterocycles. The number of aromatic nitrogens is 4. The summed E-state index contributed by atoms with van der Waals surface area (Å²) in [5, 5.41) is 11.3. The topological polar surface area (TPSA) is 72.7 Å². The van der Waals surface area contributed by atoms with E-state index < -0.39 is 17.6 Å². The summed E-state index contributed by atoms with van der Waals surface area (Å²) in [6.45, 7) is 4.72. The van der Waals surface area contributed by atoms with Crippen molar-refractivity contribution in [3.63, 3.8) is 0 Å². The summed E-state index contributed by atoms with van der Waals surface area (Å²) in [6, 6.07) is 7.22. The summed E-state index contributed by atoms with van der Waals surface area (Å²) >= 11 is 4.15. The van der Waals surface area contributed by atoms with Crippen LogP contribution in [0.1, 0.15) is 19.4 Å². The van der Waals surface area contributed by atoms with Gasteiger partial charge in [-0.25, -0.2) is 0 Å². The predicted octanol–water partition coefficient (Wildman–Crippen LogP) is 5.51. The van der Waals surface area contributed by atoms with E-state index in [-0.39, 0.29) is 15.9 Å². The second-order valence-corrected chi connectivity index (χ2v) is 8.93. The molecule has 0 saturated carbocycles. The van der Waals surface area contributed by atoms with Crippen molar-refractivity contribution in [2.75, 3.05) is 11.1 Å². The standard InChI is InChI=1S/C20H19BrF3N5OS/c1-12(2)10-29-18(13-5-7-25-8-6-13)27-28-19(29)31-11-17(30)26-16-4-3-14(21)9-15(16)20(22,23)24/h3-9,12H,10-11H2,1-2H3,(H,26,30). The molecule has 6 nitrogen and oxygen atoms in total. The van der Waals surface area contributed by atoms with Gasteiger partial charge in [0.15, 0.2) is 11.0 Å². The molecule has 164 valence electrons. The van der Waals surface area contributed by atoms with Gasteiger partial charge in [-0.15, -0.1) is 10.2 Å². The van der Waals surface area contributed by atoms with Crippen LogP contribution in [0, 0.1) is 5.92 Å². The minimum absolute atomic E-state index is 0.111. The molecule has 0 radical (unpaired) electrons. The van der Waals surface area contributed by atoms with Gasteiger partial charge in [0.1, 0.15) is 0 Å². The Morgan fingerprint density at radius 2 is 1.90 bits per heavy atom. The molecule has 0 fully saturated rings. The monoisotopic (exact) mass is 513 g/mol. The molecule has 3 rings (SSSR count). The van der Waals surface area contributed by atoms with Crippen molar-refractivity contribution in [2.45, 2.75) is 31.7 Å². The van der Waals surface area contributed by atoms with E-state index in [1.807, 2.05) is 30.5 Å². The molecular weight excluding hydrogens is 495 g/mol. The highest BCUT2D eigenvalue weighted by molar-refractivity contribution is 9.10. The van der Waals surface area contributed by atoms with Crippen molar-refractivity contribution < 1.29 is 18.0 Å². The lowest BCUT2D eigenvalue weighted by molar-refractivity contribution is -0.137. The maximum Gasteiger partial charge on any atom is 0.418 e. The van der Waals surface area contributed by atoms with Crippen molar-refractivity contribution >= 4 is 39.3 Å². The van der Waals surface area contributed by atoms with E-state index in [1.54, 1.807) is 12.4 Å². The second kappa shape index (κ2) is 9.82. The maximum absolute atomic E-state index is 13.3. The van der Waals surface area contributed by atoms with E-state index in [0.717, 1.165) is 23.4 Å². The molecule has 0 saturated heterocycles. The van der Waals surface area contributed by atoms with Gasteiger partial charge in [0.25, 0.3) is 0 Å². The number of nitrogens with one attached hydrogen (secondary N) is 1. The number of carbonyl (C=O) groups is 1. The van der Waals surface area contributed by atoms with Crippen molar-refractivity contribution in [2.24, 2.45) is 5.92 Å². The summed E-state index contributed by atoms with van der Waals surface area (Å²) in [4.78, 5) is 16.4. The Bertz CT molecular complexity index is 1060. The molecule has 0 bridgehead atoms. The molecule has 0 aliphatic rings. The van der Waals surface area contributed by atoms with Gasteiger partial charge in [0.2, 0.25) is 5.91 Å². The van der Waals surface area contributed by atoms with Crippen LogP contribution in [0.3, 0.4) is 0 Å². The van der Waals surface area contributed by atoms with E-state index in [4.69, 9.17) is 0 Å². The van der Waals surface area contributed by atoms with Gasteiger partial charge in [-0.3, -0.25) is 9.78 Å². The third-order valence-corrected chi connectivity index (χ3v) is 5.56. The van der Waals surface area contributed by atoms with Crippen LogP contribution in [-0.4, -0.2) is 31.4 Å². The van der Waals surface area contributed by atoms with E-state index in [1.165, 1.54) is 12.1 Å². The first-order valence-corrected chi connectivity index (χ1v) is 11.1. The molecule has 1 aromatic carbocycles. The van der Waals surface area contributed by atoms with Gasteiger partial charge < -0.3 is 9.88 Å². The highest BCUT2D eigenvalue weighted by Crippen LogP contribution is 2.36. The lowest BCUT2D eigenvalue weighted by atomic mass is 10.1. The molecule has 31 heavy (non-hydrogen) atoms. The van der Waals surface area contributed by atoms with Crippen molar-refractivity contribution in [3.8, 4) is 11.4 Å². The smallest absolute Gasteiger partial charge is 0.325 e. The molecule has 0 spiro atoms. The first-order chi connectivity index (χ1) is 14.6. The normalized spacial score (nSPS) is 11.7. The summed E-state index contributed by atoms with van der Waals surface area (Å²) in [6.07, 6.45) is -1.28. The van der Waals surface area contributed by atoms with Gasteiger partial charge in [0.05, 0.1) is 17.0 Å². The zero-order valence-corrected chi connectivity index (χ0v) is 19.1. The summed E-state index contributed by atoms with van der Waals surface area (Å²) in [5.41, 5.74) is -0.366. The number of hydrogen-bond acceptors (Lipinski definition) is 5. The number of carbonyl (C=O) groups excluding carboxylic acids is 1. The number of rotatable bonds is 7. The minimum Gasteiger partial charge on any atom is -0.325 e. The fourth-order valence-electron chi connectivity index (χ4n) is 2.82. The van der Waals surface area contributed by atoms with Gasteiger partial charge >= 0.3 is 6.18 Å². The lowest BCUT2D eigenvalue weighted by Gasteiger charge is -2.14. The van der Waals surface area contributed by atoms with Gasteiger partial charge in [-0.05, 0) is 36.2 Å². The van der Waals surface area contributed by atoms with Crippen LogP contribution in [0.25, 0.3) is 11.4 Å². The Labute approximate surface area is 189 Å². The van der Waals surface area contributed by atoms with E-state index in [9.17, 15) is 18.0 Å². The highest BCUT2D eigenvalue weighted by atomic mass is 79.9. The molecule has 1 amide bonds. The Morgan fingerprint density at radius 3 is 2.55 bits per heavy atom. The minimum atomic E-state index is -4.59. The summed E-state index contributed by atoms with van der Waals surface area (Å²) in [5.74, 6) is 0.260. The zero-order chi connectivity index (χ0) is 22.6. The average Bonchev–Trinajstić information content (AvgIpc) is 3.09. The molecule has 3 aromatic rings. The molecule has 0 aliphatic carbocycles. The third-order valence-electron chi connectivity index (χ3n) is 4.10. The molecule has 0 unspecified atom stereocenters. The van der Waals surface area contributed by atoms with E-state index >= 15 is 0 Å². The molecular formula is C20H19BrF3N5OS. The number of alkyl halides is 3. The summed E-state index contributed by atoms with van der Waals surface area (Å²) < 4.78 is 42.0. The maximum atomic E-state index is 13.3. The SMILES string of the molecule is CC(C)Cn1c(SCC(=O)Nc2ccc(Br)cc2C(F)(F)F)nnc1-c1ccncc1. The van der Waals surface area contributed by atoms with Crippen molar-refractivity contribution in [1.29, 1.82) is 0 Å². The molecule has 11 heteroatoms. The number of nitrogens with zero attached hydrogens (tertiary/aromatic N) is 4. The van der Waals surface area contributed by atoms with Gasteiger partial charge in [-0.2, -0.15) is 13.2 Å². The van der Waals surface area contributed by atoms with E-state index in [0.29, 0.717) is 23.4 Å². The quantitative estimate of drug-likeness (QED) is 0.421. The fourth-order valence-corrected chi connectivity index (χ4v) is 3.92. The number of halogens is 4. The van der Waals surface area contributed by atoms with E-state index in [2.05, 4.69) is 36.4 Å². The number of thioether (sulfide) groups is 1. The number of amides is 1. The molecule has 2 heterocycles. The van der Waals surface area contributed by atoms with Gasteiger partial charge in [0, 0.05) is 29.0 Å². The van der Waals surface area contributed by atoms with Crippen LogP contribution in [-0.2, 0) is 17.5 Å².